The summed E-state index contributed by atoms with van der Waals surface area (Å²) in [6.07, 6.45) is 4.43. The second-order valence-electron chi connectivity index (χ2n) is 7.44. The molecule has 0 aromatic heterocycles. The number of urea groups is 1. The van der Waals surface area contributed by atoms with Crippen LogP contribution in [-0.2, 0) is 11.2 Å². The lowest BCUT2D eigenvalue weighted by Crippen LogP contribution is -2.48. The van der Waals surface area contributed by atoms with E-state index in [1.54, 1.807) is 4.90 Å². The van der Waals surface area contributed by atoms with Gasteiger partial charge in [0.2, 0.25) is 5.91 Å². The molecule has 1 heterocycles. The van der Waals surface area contributed by atoms with Crippen molar-refractivity contribution in [1.82, 2.24) is 10.2 Å². The molecule has 146 valence electrons. The van der Waals surface area contributed by atoms with Crippen LogP contribution >= 0.6 is 0 Å². The van der Waals surface area contributed by atoms with E-state index < -0.39 is 6.04 Å². The molecule has 28 heavy (non-hydrogen) atoms. The smallest absolute Gasteiger partial charge is 0.322 e. The Bertz CT molecular complexity index is 868. The quantitative estimate of drug-likeness (QED) is 0.844. The molecule has 1 fully saturated rings. The van der Waals surface area contributed by atoms with Gasteiger partial charge in [0.1, 0.15) is 11.9 Å². The second kappa shape index (κ2) is 8.00. The Balaban J connectivity index is 1.42. The van der Waals surface area contributed by atoms with Crippen molar-refractivity contribution in [1.29, 1.82) is 0 Å². The Hall–Kier alpha value is -2.89. The summed E-state index contributed by atoms with van der Waals surface area (Å²) in [5.41, 5.74) is 2.98. The second-order valence-corrected chi connectivity index (χ2v) is 7.44. The maximum atomic E-state index is 13.0. The van der Waals surface area contributed by atoms with Gasteiger partial charge in [0.25, 0.3) is 0 Å². The Morgan fingerprint density at radius 2 is 1.79 bits per heavy atom. The number of aryl methyl sites for hydroxylation is 1. The monoisotopic (exact) mass is 381 g/mol. The van der Waals surface area contributed by atoms with E-state index in [0.29, 0.717) is 18.7 Å². The fraction of sp³-hybridized carbons (Fsp3) is 0.364. The molecular weight excluding hydrogens is 357 g/mol. The fourth-order valence-electron chi connectivity index (χ4n) is 4.18. The molecule has 5 nitrogen and oxygen atoms in total. The summed E-state index contributed by atoms with van der Waals surface area (Å²) in [4.78, 5) is 27.2. The highest BCUT2D eigenvalue weighted by atomic mass is 19.1. The van der Waals surface area contributed by atoms with Crippen LogP contribution in [-0.4, -0.2) is 29.4 Å². The Morgan fingerprint density at radius 1 is 1.00 bits per heavy atom. The van der Waals surface area contributed by atoms with Gasteiger partial charge in [0.05, 0.1) is 6.04 Å². The molecule has 1 saturated heterocycles. The van der Waals surface area contributed by atoms with Crippen LogP contribution in [0.1, 0.15) is 42.9 Å². The molecule has 0 radical (unpaired) electrons. The van der Waals surface area contributed by atoms with Crippen LogP contribution in [0, 0.1) is 5.82 Å². The van der Waals surface area contributed by atoms with Gasteiger partial charge in [-0.3, -0.25) is 4.79 Å². The van der Waals surface area contributed by atoms with Gasteiger partial charge in [0, 0.05) is 12.2 Å². The van der Waals surface area contributed by atoms with Crippen molar-refractivity contribution in [3.05, 3.63) is 65.5 Å². The Morgan fingerprint density at radius 3 is 2.61 bits per heavy atom. The zero-order valence-electron chi connectivity index (χ0n) is 15.7. The van der Waals surface area contributed by atoms with Gasteiger partial charge >= 0.3 is 6.03 Å². The molecule has 0 bridgehead atoms. The van der Waals surface area contributed by atoms with Gasteiger partial charge in [-0.2, -0.15) is 0 Å². The van der Waals surface area contributed by atoms with Gasteiger partial charge in [-0.05, 0) is 67.5 Å². The van der Waals surface area contributed by atoms with Crippen molar-refractivity contribution in [3.8, 4) is 0 Å². The highest BCUT2D eigenvalue weighted by Crippen LogP contribution is 2.30. The zero-order valence-corrected chi connectivity index (χ0v) is 15.7. The van der Waals surface area contributed by atoms with E-state index >= 15 is 0 Å². The number of carbonyl (C=O) groups is 2. The molecule has 0 saturated carbocycles. The number of nitrogens with one attached hydrogen (secondary N) is 2. The van der Waals surface area contributed by atoms with Gasteiger partial charge in [-0.15, -0.1) is 0 Å². The maximum Gasteiger partial charge on any atom is 0.322 e. The molecule has 6 heteroatoms. The van der Waals surface area contributed by atoms with Crippen LogP contribution in [0.4, 0.5) is 14.9 Å². The summed E-state index contributed by atoms with van der Waals surface area (Å²) < 4.78 is 13.0. The molecule has 1 aliphatic carbocycles. The fourth-order valence-corrected chi connectivity index (χ4v) is 4.18. The van der Waals surface area contributed by atoms with Crippen LogP contribution < -0.4 is 10.6 Å². The van der Waals surface area contributed by atoms with E-state index in [9.17, 15) is 14.0 Å². The molecule has 2 atom stereocenters. The molecule has 0 spiro atoms. The topological polar surface area (TPSA) is 61.4 Å². The number of rotatable bonds is 3. The number of anilines is 1. The van der Waals surface area contributed by atoms with Crippen molar-refractivity contribution in [2.75, 3.05) is 11.9 Å². The number of carbonyl (C=O) groups excluding carboxylic acids is 2. The summed E-state index contributed by atoms with van der Waals surface area (Å²) in [7, 11) is 0. The van der Waals surface area contributed by atoms with Crippen LogP contribution in [0.2, 0.25) is 0 Å². The molecular formula is C22H24FN3O2. The lowest BCUT2D eigenvalue weighted by molar-refractivity contribution is -0.125. The molecule has 3 amide bonds. The van der Waals surface area contributed by atoms with Gasteiger partial charge in [-0.1, -0.05) is 24.3 Å². The normalized spacial score (nSPS) is 21.1. The molecule has 1 aliphatic heterocycles. The molecule has 4 rings (SSSR count). The molecule has 2 aliphatic rings. The largest absolute Gasteiger partial charge is 0.347 e. The Kier molecular flexibility index (Phi) is 5.28. The van der Waals surface area contributed by atoms with E-state index in [-0.39, 0.29) is 23.8 Å². The standard InChI is InChI=1S/C22H24FN3O2/c23-16-10-12-17(13-11-16)24-22(28)26-14-4-9-20(26)21(27)25-19-8-3-6-15-5-1-2-7-18(15)19/h1-2,5,7,10-13,19-20H,3-4,6,8-9,14H2,(H,24,28)(H,25,27)/t19-,20+/m1/s1. The first kappa shape index (κ1) is 18.5. The predicted octanol–water partition coefficient (Wildman–Crippen LogP) is 4.02. The summed E-state index contributed by atoms with van der Waals surface area (Å²) in [6, 6.07) is 13.0. The average Bonchev–Trinajstić information content (AvgIpc) is 3.20. The number of hydrogen-bond acceptors (Lipinski definition) is 2. The minimum absolute atomic E-state index is 0.0000553. The van der Waals surface area contributed by atoms with Gasteiger partial charge in [-0.25, -0.2) is 9.18 Å². The van der Waals surface area contributed by atoms with Crippen LogP contribution in [0.3, 0.4) is 0 Å². The van der Waals surface area contributed by atoms with Crippen molar-refractivity contribution >= 4 is 17.6 Å². The van der Waals surface area contributed by atoms with Crippen molar-refractivity contribution in [3.63, 3.8) is 0 Å². The number of halogens is 1. The van der Waals surface area contributed by atoms with Crippen LogP contribution in [0.25, 0.3) is 0 Å². The highest BCUT2D eigenvalue weighted by molar-refractivity contribution is 5.94. The van der Waals surface area contributed by atoms with E-state index in [0.717, 1.165) is 25.7 Å². The summed E-state index contributed by atoms with van der Waals surface area (Å²) >= 11 is 0. The Labute approximate surface area is 163 Å². The molecule has 2 aromatic rings. The maximum absolute atomic E-state index is 13.0. The number of hydrogen-bond donors (Lipinski definition) is 2. The van der Waals surface area contributed by atoms with Crippen molar-refractivity contribution in [2.45, 2.75) is 44.2 Å². The van der Waals surface area contributed by atoms with Crippen molar-refractivity contribution in [2.24, 2.45) is 0 Å². The number of fused-ring (bicyclic) bond motifs is 1. The summed E-state index contributed by atoms with van der Waals surface area (Å²) in [6.45, 7) is 0.534. The van der Waals surface area contributed by atoms with E-state index in [2.05, 4.69) is 22.8 Å². The molecule has 2 aromatic carbocycles. The zero-order chi connectivity index (χ0) is 19.5. The van der Waals surface area contributed by atoms with Gasteiger partial charge < -0.3 is 15.5 Å². The average molecular weight is 381 g/mol. The first-order valence-corrected chi connectivity index (χ1v) is 9.83. The minimum atomic E-state index is -0.477. The number of amides is 3. The number of likely N-dealkylation sites (tertiary alicyclic amines) is 1. The van der Waals surface area contributed by atoms with E-state index in [1.165, 1.54) is 35.4 Å². The molecule has 0 unspecified atom stereocenters. The summed E-state index contributed by atoms with van der Waals surface area (Å²) in [5.74, 6) is -0.461. The lowest BCUT2D eigenvalue weighted by atomic mass is 9.87. The third-order valence-electron chi connectivity index (χ3n) is 5.60. The number of benzene rings is 2. The first-order chi connectivity index (χ1) is 13.6. The van der Waals surface area contributed by atoms with E-state index in [4.69, 9.17) is 0 Å². The van der Waals surface area contributed by atoms with Gasteiger partial charge in [0.15, 0.2) is 0 Å². The first-order valence-electron chi connectivity index (χ1n) is 9.83. The minimum Gasteiger partial charge on any atom is -0.347 e. The van der Waals surface area contributed by atoms with Crippen LogP contribution in [0.15, 0.2) is 48.5 Å². The SMILES string of the molecule is O=C(N[C@@H]1CCCc2ccccc21)[C@@H]1CCCN1C(=O)Nc1ccc(F)cc1. The number of nitrogens with zero attached hydrogens (tertiary/aromatic N) is 1. The predicted molar refractivity (Wildman–Crippen MR) is 105 cm³/mol. The summed E-state index contributed by atoms with van der Waals surface area (Å²) in [5, 5.41) is 5.92. The third-order valence-corrected chi connectivity index (χ3v) is 5.60. The van der Waals surface area contributed by atoms with Crippen molar-refractivity contribution < 1.29 is 14.0 Å². The van der Waals surface area contributed by atoms with Crippen LogP contribution in [0.5, 0.6) is 0 Å². The lowest BCUT2D eigenvalue weighted by Gasteiger charge is -2.30. The molecule has 2 N–H and O–H groups in total. The van der Waals surface area contributed by atoms with E-state index in [1.807, 2.05) is 12.1 Å². The highest BCUT2D eigenvalue weighted by Gasteiger charge is 2.35. The third kappa shape index (κ3) is 3.86.